The fourth-order valence-electron chi connectivity index (χ4n) is 2.99. The van der Waals surface area contributed by atoms with E-state index in [2.05, 4.69) is 37.4 Å². The number of rotatable bonds is 7. The van der Waals surface area contributed by atoms with E-state index in [9.17, 15) is 8.42 Å². The third kappa shape index (κ3) is 3.85. The molecule has 0 aromatic carbocycles. The Morgan fingerprint density at radius 1 is 1.33 bits per heavy atom. The molecule has 132 valence electrons. The number of hydrogen-bond donors (Lipinski definition) is 1. The van der Waals surface area contributed by atoms with Crippen LogP contribution >= 0.6 is 0 Å². The second-order valence-corrected chi connectivity index (χ2v) is 8.17. The van der Waals surface area contributed by atoms with Crippen LogP contribution in [0.1, 0.15) is 31.1 Å². The third-order valence-electron chi connectivity index (χ3n) is 4.33. The van der Waals surface area contributed by atoms with Crippen LogP contribution in [0.2, 0.25) is 0 Å². The third-order valence-corrected chi connectivity index (χ3v) is 5.70. The zero-order valence-electron chi connectivity index (χ0n) is 14.1. The van der Waals surface area contributed by atoms with Crippen LogP contribution < -0.4 is 4.72 Å². The summed E-state index contributed by atoms with van der Waals surface area (Å²) in [6.45, 7) is 7.30. The first-order chi connectivity index (χ1) is 11.5. The Morgan fingerprint density at radius 3 is 2.88 bits per heavy atom. The summed E-state index contributed by atoms with van der Waals surface area (Å²) in [6.07, 6.45) is 7.58. The van der Waals surface area contributed by atoms with E-state index in [4.69, 9.17) is 0 Å². The Kier molecular flexibility index (Phi) is 5.02. The number of sulfonamides is 1. The van der Waals surface area contributed by atoms with Gasteiger partial charge in [0.05, 0.1) is 30.0 Å². The molecule has 0 amide bonds. The lowest BCUT2D eigenvalue weighted by Crippen LogP contribution is -2.42. The minimum absolute atomic E-state index is 0.0406. The number of aryl methyl sites for hydroxylation is 1. The van der Waals surface area contributed by atoms with Crippen molar-refractivity contribution >= 4 is 10.0 Å². The molecular formula is C15H24N6O2S. The number of hydrogen-bond acceptors (Lipinski definition) is 5. The summed E-state index contributed by atoms with van der Waals surface area (Å²) in [6, 6.07) is 0.0406. The van der Waals surface area contributed by atoms with E-state index in [1.165, 1.54) is 0 Å². The second-order valence-electron chi connectivity index (χ2n) is 6.07. The Balaban J connectivity index is 1.70. The van der Waals surface area contributed by atoms with Crippen molar-refractivity contribution in [1.82, 2.24) is 29.0 Å². The second kappa shape index (κ2) is 7.04. The number of fused-ring (bicyclic) bond motifs is 1. The molecule has 3 rings (SSSR count). The van der Waals surface area contributed by atoms with Crippen molar-refractivity contribution in [1.29, 1.82) is 0 Å². The van der Waals surface area contributed by atoms with E-state index in [0.717, 1.165) is 37.4 Å². The lowest BCUT2D eigenvalue weighted by Gasteiger charge is -2.34. The summed E-state index contributed by atoms with van der Waals surface area (Å²) in [5, 5.41) is 4.31. The predicted octanol–water partition coefficient (Wildman–Crippen LogP) is 0.596. The van der Waals surface area contributed by atoms with Gasteiger partial charge in [0.15, 0.2) is 0 Å². The SMILES string of the molecule is CCn1cc(CN2Cc3cncn3[C@@H](CNS(=O)(=O)CC)C2)cn1. The fourth-order valence-corrected chi connectivity index (χ4v) is 3.64. The summed E-state index contributed by atoms with van der Waals surface area (Å²) in [4.78, 5) is 6.52. The maximum atomic E-state index is 11.7. The minimum atomic E-state index is -3.20. The van der Waals surface area contributed by atoms with E-state index >= 15 is 0 Å². The maximum Gasteiger partial charge on any atom is 0.211 e. The van der Waals surface area contributed by atoms with Gasteiger partial charge in [-0.05, 0) is 13.8 Å². The molecule has 1 aliphatic rings. The lowest BCUT2D eigenvalue weighted by atomic mass is 10.1. The Morgan fingerprint density at radius 2 is 2.17 bits per heavy atom. The molecule has 8 nitrogen and oxygen atoms in total. The van der Waals surface area contributed by atoms with Gasteiger partial charge in [-0.3, -0.25) is 9.58 Å². The molecule has 0 radical (unpaired) electrons. The molecule has 0 fully saturated rings. The van der Waals surface area contributed by atoms with E-state index in [1.807, 2.05) is 17.1 Å². The Hall–Kier alpha value is -1.71. The van der Waals surface area contributed by atoms with E-state index in [1.54, 1.807) is 13.3 Å². The zero-order valence-corrected chi connectivity index (χ0v) is 14.9. The van der Waals surface area contributed by atoms with Crippen LogP contribution in [0, 0.1) is 0 Å². The van der Waals surface area contributed by atoms with Crippen molar-refractivity contribution in [3.05, 3.63) is 36.2 Å². The molecule has 0 aliphatic carbocycles. The molecule has 24 heavy (non-hydrogen) atoms. The largest absolute Gasteiger partial charge is 0.328 e. The fraction of sp³-hybridized carbons (Fsp3) is 0.600. The van der Waals surface area contributed by atoms with Gasteiger partial charge in [0.25, 0.3) is 0 Å². The first-order valence-electron chi connectivity index (χ1n) is 8.22. The molecule has 0 unspecified atom stereocenters. The van der Waals surface area contributed by atoms with Crippen LogP contribution in [0.5, 0.6) is 0 Å². The highest BCUT2D eigenvalue weighted by molar-refractivity contribution is 7.89. The highest BCUT2D eigenvalue weighted by Crippen LogP contribution is 2.22. The number of nitrogens with one attached hydrogen (secondary N) is 1. The monoisotopic (exact) mass is 352 g/mol. The van der Waals surface area contributed by atoms with Gasteiger partial charge < -0.3 is 4.57 Å². The smallest absolute Gasteiger partial charge is 0.211 e. The van der Waals surface area contributed by atoms with E-state index < -0.39 is 10.0 Å². The number of nitrogens with zero attached hydrogens (tertiary/aromatic N) is 5. The molecule has 1 aliphatic heterocycles. The van der Waals surface area contributed by atoms with Crippen LogP contribution in [0.3, 0.4) is 0 Å². The van der Waals surface area contributed by atoms with Gasteiger partial charge >= 0.3 is 0 Å². The first-order valence-corrected chi connectivity index (χ1v) is 9.87. The number of imidazole rings is 1. The lowest BCUT2D eigenvalue weighted by molar-refractivity contribution is 0.178. The van der Waals surface area contributed by atoms with Crippen LogP contribution in [0.15, 0.2) is 24.9 Å². The molecule has 2 aromatic rings. The Bertz CT molecular complexity index is 781. The van der Waals surface area contributed by atoms with Crippen molar-refractivity contribution < 1.29 is 8.42 Å². The molecule has 1 atom stereocenters. The molecular weight excluding hydrogens is 328 g/mol. The average Bonchev–Trinajstić information content (AvgIpc) is 3.21. The summed E-state index contributed by atoms with van der Waals surface area (Å²) in [7, 11) is -3.20. The van der Waals surface area contributed by atoms with Gasteiger partial charge in [-0.25, -0.2) is 18.1 Å². The van der Waals surface area contributed by atoms with Gasteiger partial charge in [-0.2, -0.15) is 5.10 Å². The zero-order chi connectivity index (χ0) is 17.2. The molecule has 2 aromatic heterocycles. The van der Waals surface area contributed by atoms with Crippen LogP contribution in [0.4, 0.5) is 0 Å². The average molecular weight is 352 g/mol. The normalized spacial score (nSPS) is 18.7. The minimum Gasteiger partial charge on any atom is -0.328 e. The van der Waals surface area contributed by atoms with Gasteiger partial charge in [-0.1, -0.05) is 0 Å². The quantitative estimate of drug-likeness (QED) is 0.789. The van der Waals surface area contributed by atoms with Gasteiger partial charge in [0, 0.05) is 50.7 Å². The van der Waals surface area contributed by atoms with Crippen molar-refractivity contribution in [3.8, 4) is 0 Å². The molecule has 9 heteroatoms. The molecule has 3 heterocycles. The van der Waals surface area contributed by atoms with Gasteiger partial charge in [0.1, 0.15) is 0 Å². The maximum absolute atomic E-state index is 11.7. The predicted molar refractivity (Wildman–Crippen MR) is 90.7 cm³/mol. The molecule has 0 saturated heterocycles. The molecule has 0 bridgehead atoms. The summed E-state index contributed by atoms with van der Waals surface area (Å²) < 4.78 is 30.2. The summed E-state index contributed by atoms with van der Waals surface area (Å²) in [5.74, 6) is 0.0937. The highest BCUT2D eigenvalue weighted by Gasteiger charge is 2.26. The summed E-state index contributed by atoms with van der Waals surface area (Å²) in [5.41, 5.74) is 2.27. The standard InChI is InChI=1S/C15H24N6O2S/c1-3-20-9-13(5-17-20)8-19-10-14-6-16-12-21(14)15(11-19)7-18-24(22,23)4-2/h5-6,9,12,15,18H,3-4,7-8,10-11H2,1-2H3/t15-/m0/s1. The van der Waals surface area contributed by atoms with Crippen LogP contribution in [0.25, 0.3) is 0 Å². The van der Waals surface area contributed by atoms with E-state index in [0.29, 0.717) is 6.54 Å². The highest BCUT2D eigenvalue weighted by atomic mass is 32.2. The van der Waals surface area contributed by atoms with Gasteiger partial charge in [0.2, 0.25) is 10.0 Å². The molecule has 1 N–H and O–H groups in total. The van der Waals surface area contributed by atoms with Crippen molar-refractivity contribution in [2.75, 3.05) is 18.8 Å². The summed E-state index contributed by atoms with van der Waals surface area (Å²) >= 11 is 0. The molecule has 0 saturated carbocycles. The van der Waals surface area contributed by atoms with Crippen molar-refractivity contribution in [2.24, 2.45) is 0 Å². The van der Waals surface area contributed by atoms with Crippen molar-refractivity contribution in [2.45, 2.75) is 39.5 Å². The van der Waals surface area contributed by atoms with Crippen molar-refractivity contribution in [3.63, 3.8) is 0 Å². The Labute approximate surface area is 142 Å². The van der Waals surface area contributed by atoms with Crippen LogP contribution in [-0.4, -0.2) is 51.5 Å². The van der Waals surface area contributed by atoms with Gasteiger partial charge in [-0.15, -0.1) is 0 Å². The van der Waals surface area contributed by atoms with Crippen LogP contribution in [-0.2, 0) is 29.7 Å². The number of aromatic nitrogens is 4. The topological polar surface area (TPSA) is 85.0 Å². The first kappa shape index (κ1) is 17.1. The van der Waals surface area contributed by atoms with E-state index in [-0.39, 0.29) is 11.8 Å². The molecule has 0 spiro atoms.